The Kier molecular flexibility index (Phi) is 3.52. The molecule has 0 spiro atoms. The zero-order valence-electron chi connectivity index (χ0n) is 9.42. The van der Waals surface area contributed by atoms with Crippen molar-refractivity contribution in [1.29, 1.82) is 0 Å². The van der Waals surface area contributed by atoms with Crippen LogP contribution in [0.5, 0.6) is 0 Å². The summed E-state index contributed by atoms with van der Waals surface area (Å²) in [6, 6.07) is 0.747. The van der Waals surface area contributed by atoms with Gasteiger partial charge in [0, 0.05) is 18.2 Å². The molecule has 7 heteroatoms. The monoisotopic (exact) mass is 279 g/mol. The molecule has 100 valence electrons. The van der Waals surface area contributed by atoms with Gasteiger partial charge < -0.3 is 5.32 Å². The van der Waals surface area contributed by atoms with Gasteiger partial charge in [-0.15, -0.1) is 0 Å². The SMILES string of the molecule is O=S1(=O)CCCC(Nc2cc(F)cc(F)c2F)C1. The van der Waals surface area contributed by atoms with Gasteiger partial charge in [-0.3, -0.25) is 0 Å². The minimum absolute atomic E-state index is 0.102. The maximum absolute atomic E-state index is 13.4. The van der Waals surface area contributed by atoms with E-state index in [1.54, 1.807) is 0 Å². The molecule has 1 aromatic rings. The molecule has 1 aromatic carbocycles. The van der Waals surface area contributed by atoms with E-state index in [1.807, 2.05) is 0 Å². The van der Waals surface area contributed by atoms with E-state index in [2.05, 4.69) is 5.32 Å². The summed E-state index contributed by atoms with van der Waals surface area (Å²) in [5.41, 5.74) is -0.338. The lowest BCUT2D eigenvalue weighted by Crippen LogP contribution is -2.35. The molecule has 0 bridgehead atoms. The third kappa shape index (κ3) is 2.95. The van der Waals surface area contributed by atoms with Gasteiger partial charge in [0.2, 0.25) is 0 Å². The highest BCUT2D eigenvalue weighted by Gasteiger charge is 2.25. The van der Waals surface area contributed by atoms with Crippen LogP contribution in [-0.2, 0) is 9.84 Å². The highest BCUT2D eigenvalue weighted by Crippen LogP contribution is 2.23. The van der Waals surface area contributed by atoms with Crippen LogP contribution in [0.4, 0.5) is 18.9 Å². The summed E-state index contributed by atoms with van der Waals surface area (Å²) in [4.78, 5) is 0. The normalized spacial score (nSPS) is 22.7. The van der Waals surface area contributed by atoms with E-state index in [4.69, 9.17) is 0 Å². The van der Waals surface area contributed by atoms with Gasteiger partial charge in [0.15, 0.2) is 21.5 Å². The van der Waals surface area contributed by atoms with Gasteiger partial charge in [-0.1, -0.05) is 0 Å². The first-order valence-corrected chi connectivity index (χ1v) is 7.31. The van der Waals surface area contributed by atoms with Gasteiger partial charge in [0.1, 0.15) is 5.82 Å². The van der Waals surface area contributed by atoms with Crippen LogP contribution >= 0.6 is 0 Å². The Balaban J connectivity index is 2.19. The Morgan fingerprint density at radius 3 is 2.61 bits per heavy atom. The van der Waals surface area contributed by atoms with Crippen LogP contribution in [-0.4, -0.2) is 26.0 Å². The summed E-state index contributed by atoms with van der Waals surface area (Å²) in [5.74, 6) is -3.44. The molecule has 1 fully saturated rings. The van der Waals surface area contributed by atoms with Gasteiger partial charge in [0.05, 0.1) is 17.2 Å². The topological polar surface area (TPSA) is 46.2 Å². The number of halogens is 3. The predicted octanol–water partition coefficient (Wildman–Crippen LogP) is 2.09. The second-order valence-electron chi connectivity index (χ2n) is 4.35. The Bertz CT molecular complexity index is 560. The van der Waals surface area contributed by atoms with Crippen molar-refractivity contribution in [2.24, 2.45) is 0 Å². The van der Waals surface area contributed by atoms with Gasteiger partial charge in [0.25, 0.3) is 0 Å². The Morgan fingerprint density at radius 1 is 1.22 bits per heavy atom. The largest absolute Gasteiger partial charge is 0.379 e. The standard InChI is InChI=1S/C11H12F3NO2S/c12-7-4-9(13)11(14)10(5-7)15-8-2-1-3-18(16,17)6-8/h4-5,8,15H,1-3,6H2. The van der Waals surface area contributed by atoms with E-state index in [9.17, 15) is 21.6 Å². The van der Waals surface area contributed by atoms with Crippen LogP contribution in [0.25, 0.3) is 0 Å². The zero-order chi connectivity index (χ0) is 13.3. The summed E-state index contributed by atoms with van der Waals surface area (Å²) >= 11 is 0. The van der Waals surface area contributed by atoms with Crippen molar-refractivity contribution in [3.05, 3.63) is 29.6 Å². The number of benzene rings is 1. The molecule has 2 rings (SSSR count). The molecule has 3 nitrogen and oxygen atoms in total. The maximum atomic E-state index is 13.4. The second-order valence-corrected chi connectivity index (χ2v) is 6.58. The minimum Gasteiger partial charge on any atom is -0.379 e. The highest BCUT2D eigenvalue weighted by molar-refractivity contribution is 7.91. The van der Waals surface area contributed by atoms with Crippen LogP contribution in [0, 0.1) is 17.5 Å². The van der Waals surface area contributed by atoms with Crippen molar-refractivity contribution in [3.63, 3.8) is 0 Å². The summed E-state index contributed by atoms with van der Waals surface area (Å²) in [5, 5.41) is 2.55. The number of rotatable bonds is 2. The molecular formula is C11H12F3NO2S. The van der Waals surface area contributed by atoms with Crippen molar-refractivity contribution in [1.82, 2.24) is 0 Å². The smallest absolute Gasteiger partial charge is 0.182 e. The Labute approximate surface area is 103 Å². The number of anilines is 1. The molecule has 1 aliphatic heterocycles. The fourth-order valence-electron chi connectivity index (χ4n) is 2.02. The minimum atomic E-state index is -3.16. The van der Waals surface area contributed by atoms with Crippen molar-refractivity contribution in [3.8, 4) is 0 Å². The summed E-state index contributed by atoms with van der Waals surface area (Å²) in [6.45, 7) is 0. The van der Waals surface area contributed by atoms with Crippen LogP contribution in [0.15, 0.2) is 12.1 Å². The molecule has 1 heterocycles. The Hall–Kier alpha value is -1.24. The fourth-order valence-corrected chi connectivity index (χ4v) is 3.65. The van der Waals surface area contributed by atoms with Crippen molar-refractivity contribution in [2.75, 3.05) is 16.8 Å². The molecular weight excluding hydrogens is 267 g/mol. The zero-order valence-corrected chi connectivity index (χ0v) is 10.2. The van der Waals surface area contributed by atoms with Crippen molar-refractivity contribution < 1.29 is 21.6 Å². The average molecular weight is 279 g/mol. The molecule has 0 aliphatic carbocycles. The van der Waals surface area contributed by atoms with E-state index in [0.29, 0.717) is 18.9 Å². The summed E-state index contributed by atoms with van der Waals surface area (Å²) in [7, 11) is -3.16. The Morgan fingerprint density at radius 2 is 1.94 bits per heavy atom. The number of nitrogens with one attached hydrogen (secondary N) is 1. The molecule has 1 aliphatic rings. The molecule has 0 radical (unpaired) electrons. The number of sulfone groups is 1. The van der Waals surface area contributed by atoms with Crippen LogP contribution < -0.4 is 5.32 Å². The molecule has 18 heavy (non-hydrogen) atoms. The molecule has 0 aromatic heterocycles. The molecule has 1 saturated heterocycles. The first kappa shape index (κ1) is 13.2. The third-order valence-electron chi connectivity index (χ3n) is 2.82. The van der Waals surface area contributed by atoms with Crippen LogP contribution in [0.1, 0.15) is 12.8 Å². The van der Waals surface area contributed by atoms with Gasteiger partial charge in [-0.2, -0.15) is 0 Å². The third-order valence-corrected chi connectivity index (χ3v) is 4.64. The maximum Gasteiger partial charge on any atom is 0.182 e. The van der Waals surface area contributed by atoms with E-state index < -0.39 is 33.3 Å². The number of hydrogen-bond donors (Lipinski definition) is 1. The lowest BCUT2D eigenvalue weighted by Gasteiger charge is -2.24. The number of hydrogen-bond acceptors (Lipinski definition) is 3. The lowest BCUT2D eigenvalue weighted by molar-refractivity contribution is 0.495. The predicted molar refractivity (Wildman–Crippen MR) is 61.6 cm³/mol. The van der Waals surface area contributed by atoms with Crippen LogP contribution in [0.3, 0.4) is 0 Å². The van der Waals surface area contributed by atoms with E-state index in [-0.39, 0.29) is 17.2 Å². The van der Waals surface area contributed by atoms with Gasteiger partial charge >= 0.3 is 0 Å². The molecule has 0 saturated carbocycles. The molecule has 1 N–H and O–H groups in total. The van der Waals surface area contributed by atoms with Crippen molar-refractivity contribution >= 4 is 15.5 Å². The van der Waals surface area contributed by atoms with Gasteiger partial charge in [-0.05, 0) is 12.8 Å². The van der Waals surface area contributed by atoms with E-state index >= 15 is 0 Å². The molecule has 1 atom stereocenters. The van der Waals surface area contributed by atoms with Crippen molar-refractivity contribution in [2.45, 2.75) is 18.9 Å². The second kappa shape index (κ2) is 4.79. The first-order valence-electron chi connectivity index (χ1n) is 5.49. The average Bonchev–Trinajstić information content (AvgIpc) is 2.24. The summed E-state index contributed by atoms with van der Waals surface area (Å²) in [6.07, 6.45) is 0.982. The fraction of sp³-hybridized carbons (Fsp3) is 0.455. The first-order chi connectivity index (χ1) is 8.37. The lowest BCUT2D eigenvalue weighted by atomic mass is 10.1. The van der Waals surface area contributed by atoms with Gasteiger partial charge in [-0.25, -0.2) is 21.6 Å². The molecule has 1 unspecified atom stereocenters. The highest BCUT2D eigenvalue weighted by atomic mass is 32.2. The van der Waals surface area contributed by atoms with Crippen LogP contribution in [0.2, 0.25) is 0 Å². The quantitative estimate of drug-likeness (QED) is 0.843. The van der Waals surface area contributed by atoms with E-state index in [0.717, 1.165) is 6.07 Å². The molecule has 0 amide bonds. The summed E-state index contributed by atoms with van der Waals surface area (Å²) < 4.78 is 62.1. The van der Waals surface area contributed by atoms with E-state index in [1.165, 1.54) is 0 Å².